The standard InChI is InChI=1S/C14H19N2/c1-12(2)4-5-13(3)11-16-8-6-14(10-15)7-9-16/h4-10,15H,11H2,1-3H3/q+1/b13-5+,15-10?. The van der Waals surface area contributed by atoms with Gasteiger partial charge in [-0.1, -0.05) is 17.7 Å². The van der Waals surface area contributed by atoms with Gasteiger partial charge in [0.15, 0.2) is 18.9 Å². The Bertz CT molecular complexity index is 407. The maximum absolute atomic E-state index is 7.12. The quantitative estimate of drug-likeness (QED) is 0.454. The lowest BCUT2D eigenvalue weighted by Gasteiger charge is -1.97. The second-order valence-corrected chi connectivity index (χ2v) is 4.21. The third kappa shape index (κ3) is 4.22. The molecule has 1 aromatic heterocycles. The number of nitrogens with zero attached hydrogens (tertiary/aromatic N) is 1. The molecule has 0 aliphatic heterocycles. The number of allylic oxidation sites excluding steroid dienone is 4. The van der Waals surface area contributed by atoms with Crippen LogP contribution in [0.15, 0.2) is 47.8 Å². The van der Waals surface area contributed by atoms with Crippen LogP contribution in [0.25, 0.3) is 0 Å². The van der Waals surface area contributed by atoms with E-state index in [9.17, 15) is 0 Å². The highest BCUT2D eigenvalue weighted by Gasteiger charge is 2.00. The predicted molar refractivity (Wildman–Crippen MR) is 67.7 cm³/mol. The minimum absolute atomic E-state index is 0.891. The number of nitrogens with one attached hydrogen (secondary N) is 1. The van der Waals surface area contributed by atoms with Crippen LogP contribution in [-0.4, -0.2) is 6.21 Å². The van der Waals surface area contributed by atoms with Gasteiger partial charge in [-0.25, -0.2) is 4.57 Å². The number of pyridine rings is 1. The van der Waals surface area contributed by atoms with E-state index in [2.05, 4.69) is 37.5 Å². The summed E-state index contributed by atoms with van der Waals surface area (Å²) in [5.74, 6) is 0. The van der Waals surface area contributed by atoms with Crippen molar-refractivity contribution >= 4 is 6.21 Å². The van der Waals surface area contributed by atoms with Gasteiger partial charge in [0.2, 0.25) is 0 Å². The molecule has 2 heteroatoms. The Morgan fingerprint density at radius 1 is 1.19 bits per heavy atom. The van der Waals surface area contributed by atoms with Gasteiger partial charge >= 0.3 is 0 Å². The van der Waals surface area contributed by atoms with Gasteiger partial charge in [0.05, 0.1) is 0 Å². The van der Waals surface area contributed by atoms with Gasteiger partial charge in [0.25, 0.3) is 0 Å². The summed E-state index contributed by atoms with van der Waals surface area (Å²) < 4.78 is 2.11. The molecule has 0 aromatic carbocycles. The summed E-state index contributed by atoms with van der Waals surface area (Å²) in [6.45, 7) is 7.20. The Labute approximate surface area is 97.5 Å². The second-order valence-electron chi connectivity index (χ2n) is 4.21. The molecule has 0 saturated heterocycles. The molecule has 1 rings (SSSR count). The van der Waals surface area contributed by atoms with Gasteiger partial charge in [-0.2, -0.15) is 0 Å². The molecule has 1 aromatic rings. The van der Waals surface area contributed by atoms with Gasteiger partial charge in [-0.15, -0.1) is 0 Å². The van der Waals surface area contributed by atoms with E-state index in [1.54, 1.807) is 0 Å². The van der Waals surface area contributed by atoms with Crippen molar-refractivity contribution < 1.29 is 4.57 Å². The number of rotatable bonds is 4. The molecule has 0 spiro atoms. The van der Waals surface area contributed by atoms with Crippen LogP contribution in [0.4, 0.5) is 0 Å². The molecule has 0 aliphatic rings. The van der Waals surface area contributed by atoms with Crippen LogP contribution < -0.4 is 4.57 Å². The molecule has 0 unspecified atom stereocenters. The van der Waals surface area contributed by atoms with Crippen LogP contribution in [0.3, 0.4) is 0 Å². The molecular weight excluding hydrogens is 196 g/mol. The Kier molecular flexibility index (Phi) is 4.65. The molecule has 0 aliphatic carbocycles. The van der Waals surface area contributed by atoms with Gasteiger partial charge in [0.1, 0.15) is 0 Å². The summed E-state index contributed by atoms with van der Waals surface area (Å²) in [5, 5.41) is 7.12. The van der Waals surface area contributed by atoms with Gasteiger partial charge in [-0.3, -0.25) is 0 Å². The summed E-state index contributed by atoms with van der Waals surface area (Å²) in [7, 11) is 0. The van der Waals surface area contributed by atoms with Crippen LogP contribution in [-0.2, 0) is 6.54 Å². The molecule has 1 heterocycles. The van der Waals surface area contributed by atoms with E-state index in [0.29, 0.717) is 0 Å². The van der Waals surface area contributed by atoms with Crippen molar-refractivity contribution in [2.75, 3.05) is 0 Å². The smallest absolute Gasteiger partial charge is 0.169 e. The lowest BCUT2D eigenvalue weighted by atomic mass is 10.2. The van der Waals surface area contributed by atoms with Crippen molar-refractivity contribution in [3.63, 3.8) is 0 Å². The molecular formula is C14H19N2+. The topological polar surface area (TPSA) is 27.7 Å². The lowest BCUT2D eigenvalue weighted by molar-refractivity contribution is -0.689. The third-order valence-electron chi connectivity index (χ3n) is 2.22. The van der Waals surface area contributed by atoms with Crippen molar-refractivity contribution in [2.24, 2.45) is 0 Å². The monoisotopic (exact) mass is 215 g/mol. The molecule has 1 N–H and O–H groups in total. The third-order valence-corrected chi connectivity index (χ3v) is 2.22. The Morgan fingerprint density at radius 2 is 1.81 bits per heavy atom. The summed E-state index contributed by atoms with van der Waals surface area (Å²) in [4.78, 5) is 0. The largest absolute Gasteiger partial charge is 0.308 e. The Morgan fingerprint density at radius 3 is 2.31 bits per heavy atom. The second kappa shape index (κ2) is 6.01. The van der Waals surface area contributed by atoms with Crippen LogP contribution in [0.1, 0.15) is 26.3 Å². The molecule has 0 saturated carbocycles. The molecule has 0 atom stereocenters. The van der Waals surface area contributed by atoms with E-state index in [4.69, 9.17) is 5.41 Å². The Balaban J connectivity index is 2.69. The van der Waals surface area contributed by atoms with E-state index in [-0.39, 0.29) is 0 Å². The SMILES string of the molecule is CC(C)=C/C=C(\C)C[n+]1ccc(C=N)cc1. The lowest BCUT2D eigenvalue weighted by Crippen LogP contribution is -2.33. The average molecular weight is 215 g/mol. The molecule has 84 valence electrons. The van der Waals surface area contributed by atoms with Crippen molar-refractivity contribution in [2.45, 2.75) is 27.3 Å². The molecule has 0 amide bonds. The van der Waals surface area contributed by atoms with Crippen LogP contribution in [0.2, 0.25) is 0 Å². The predicted octanol–water partition coefficient (Wildman–Crippen LogP) is 2.88. The fourth-order valence-corrected chi connectivity index (χ4v) is 1.32. The number of hydrogen-bond acceptors (Lipinski definition) is 1. The first-order valence-corrected chi connectivity index (χ1v) is 5.42. The fraction of sp³-hybridized carbons (Fsp3) is 0.286. The highest BCUT2D eigenvalue weighted by Crippen LogP contribution is 1.97. The first kappa shape index (κ1) is 12.4. The highest BCUT2D eigenvalue weighted by atomic mass is 14.9. The molecule has 0 radical (unpaired) electrons. The van der Waals surface area contributed by atoms with E-state index >= 15 is 0 Å². The zero-order chi connectivity index (χ0) is 12.0. The minimum atomic E-state index is 0.891. The van der Waals surface area contributed by atoms with Crippen molar-refractivity contribution in [3.05, 3.63) is 53.4 Å². The zero-order valence-electron chi connectivity index (χ0n) is 10.2. The summed E-state index contributed by atoms with van der Waals surface area (Å²) in [5.41, 5.74) is 3.56. The Hall–Kier alpha value is -1.70. The van der Waals surface area contributed by atoms with E-state index in [1.165, 1.54) is 17.4 Å². The zero-order valence-corrected chi connectivity index (χ0v) is 10.2. The van der Waals surface area contributed by atoms with Gasteiger partial charge in [-0.05, 0) is 26.3 Å². The van der Waals surface area contributed by atoms with E-state index < -0.39 is 0 Å². The first-order valence-electron chi connectivity index (χ1n) is 5.42. The van der Waals surface area contributed by atoms with Crippen LogP contribution >= 0.6 is 0 Å². The van der Waals surface area contributed by atoms with E-state index in [0.717, 1.165) is 12.1 Å². The molecule has 0 fully saturated rings. The van der Waals surface area contributed by atoms with Gasteiger partial charge in [0, 0.05) is 23.9 Å². The van der Waals surface area contributed by atoms with E-state index in [1.807, 2.05) is 24.5 Å². The van der Waals surface area contributed by atoms with Crippen molar-refractivity contribution in [3.8, 4) is 0 Å². The first-order chi connectivity index (χ1) is 7.61. The summed E-state index contributed by atoms with van der Waals surface area (Å²) >= 11 is 0. The van der Waals surface area contributed by atoms with Crippen molar-refractivity contribution in [1.29, 1.82) is 5.41 Å². The minimum Gasteiger partial charge on any atom is -0.308 e. The molecule has 0 bridgehead atoms. The van der Waals surface area contributed by atoms with Crippen LogP contribution in [0.5, 0.6) is 0 Å². The normalized spacial score (nSPS) is 11.1. The summed E-state index contributed by atoms with van der Waals surface area (Å²) in [6.07, 6.45) is 9.63. The van der Waals surface area contributed by atoms with Crippen molar-refractivity contribution in [1.82, 2.24) is 0 Å². The van der Waals surface area contributed by atoms with Crippen LogP contribution in [0, 0.1) is 5.41 Å². The number of hydrogen-bond donors (Lipinski definition) is 1. The fourth-order valence-electron chi connectivity index (χ4n) is 1.32. The highest BCUT2D eigenvalue weighted by molar-refractivity contribution is 5.76. The maximum Gasteiger partial charge on any atom is 0.169 e. The summed E-state index contributed by atoms with van der Waals surface area (Å²) in [6, 6.07) is 3.89. The molecule has 16 heavy (non-hydrogen) atoms. The molecule has 2 nitrogen and oxygen atoms in total. The average Bonchev–Trinajstić information content (AvgIpc) is 2.27. The van der Waals surface area contributed by atoms with Gasteiger partial charge < -0.3 is 5.41 Å². The number of aromatic nitrogens is 1. The maximum atomic E-state index is 7.12.